The summed E-state index contributed by atoms with van der Waals surface area (Å²) in [7, 11) is 5.34. The minimum absolute atomic E-state index is 0.00234. The van der Waals surface area contributed by atoms with Crippen molar-refractivity contribution in [3.63, 3.8) is 0 Å². The average molecular weight is 812 g/mol. The molecule has 0 radical (unpaired) electrons. The minimum Gasteiger partial charge on any atom is -0.504 e. The number of aromatic hydroxyl groups is 1. The van der Waals surface area contributed by atoms with Crippen LogP contribution in [-0.4, -0.2) is 103 Å². The molecule has 5 N–H and O–H groups in total. The summed E-state index contributed by atoms with van der Waals surface area (Å²) in [4.78, 5) is 36.7. The highest BCUT2D eigenvalue weighted by molar-refractivity contribution is 7.99. The number of methoxy groups -OCH3 is 2. The van der Waals surface area contributed by atoms with Gasteiger partial charge in [0.15, 0.2) is 28.5 Å². The molecule has 3 aromatic carbocycles. The van der Waals surface area contributed by atoms with Gasteiger partial charge in [-0.05, 0) is 75.5 Å². The Morgan fingerprint density at radius 1 is 1.09 bits per heavy atom. The van der Waals surface area contributed by atoms with Gasteiger partial charge in [-0.15, -0.1) is 11.8 Å². The number of aryl methyl sites for hydroxylation is 1. The number of benzene rings is 3. The molecule has 1 aromatic heterocycles. The molecular weight excluding hydrogens is 763 g/mol. The molecule has 0 aliphatic carbocycles. The lowest BCUT2D eigenvalue weighted by Gasteiger charge is -2.61. The predicted octanol–water partition coefficient (Wildman–Crippen LogP) is 4.59. The monoisotopic (exact) mass is 811 g/mol. The zero-order chi connectivity index (χ0) is 40.6. The lowest BCUT2D eigenvalue weighted by Crippen LogP contribution is -2.69. The van der Waals surface area contributed by atoms with E-state index in [9.17, 15) is 9.90 Å². The molecule has 0 saturated carbocycles. The van der Waals surface area contributed by atoms with Crippen LogP contribution in [0.2, 0.25) is 0 Å². The van der Waals surface area contributed by atoms with E-state index in [4.69, 9.17) is 34.2 Å². The zero-order valence-electron chi connectivity index (χ0n) is 33.7. The number of ether oxygens (including phenoxy) is 6. The summed E-state index contributed by atoms with van der Waals surface area (Å²) in [6.45, 7) is 8.43. The summed E-state index contributed by atoms with van der Waals surface area (Å²) in [5.74, 6) is 2.16. The number of phenolic OH excluding ortho intramolecular Hbond substituents is 1. The molecule has 2 fully saturated rings. The van der Waals surface area contributed by atoms with Crippen LogP contribution in [0.5, 0.6) is 34.5 Å². The third-order valence-electron chi connectivity index (χ3n) is 13.5. The maximum atomic E-state index is 15.2. The molecular formula is C43H49N5O9S. The lowest BCUT2D eigenvalue weighted by atomic mass is 9.76. The van der Waals surface area contributed by atoms with Crippen molar-refractivity contribution < 1.29 is 43.1 Å². The van der Waals surface area contributed by atoms with Crippen molar-refractivity contribution in [2.24, 2.45) is 5.73 Å². The van der Waals surface area contributed by atoms with Gasteiger partial charge in [-0.2, -0.15) is 0 Å². The molecule has 2 saturated heterocycles. The summed E-state index contributed by atoms with van der Waals surface area (Å²) in [5.41, 5.74) is 12.2. The molecule has 9 heterocycles. The number of aromatic nitrogens is 1. The topological polar surface area (TPSA) is 170 Å². The maximum absolute atomic E-state index is 15.2. The van der Waals surface area contributed by atoms with Gasteiger partial charge in [0.25, 0.3) is 0 Å². The number of aromatic amines is 1. The summed E-state index contributed by atoms with van der Waals surface area (Å²) >= 11 is 1.61. The van der Waals surface area contributed by atoms with Gasteiger partial charge in [0.2, 0.25) is 6.79 Å². The van der Waals surface area contributed by atoms with E-state index in [1.54, 1.807) is 26.0 Å². The fourth-order valence-electron chi connectivity index (χ4n) is 11.4. The molecule has 14 nitrogen and oxygen atoms in total. The summed E-state index contributed by atoms with van der Waals surface area (Å²) in [6, 6.07) is 6.56. The number of thioether (sulfide) groups is 1. The van der Waals surface area contributed by atoms with Crippen molar-refractivity contribution in [1.82, 2.24) is 20.1 Å². The summed E-state index contributed by atoms with van der Waals surface area (Å²) < 4.78 is 36.8. The number of hydrogen-bond donors (Lipinski definition) is 4. The molecule has 58 heavy (non-hydrogen) atoms. The lowest BCUT2D eigenvalue weighted by molar-refractivity contribution is -0.160. The molecule has 8 aliphatic heterocycles. The van der Waals surface area contributed by atoms with Crippen LogP contribution in [0.15, 0.2) is 24.3 Å². The van der Waals surface area contributed by atoms with E-state index in [0.29, 0.717) is 60.2 Å². The number of nitrogens with one attached hydrogen (secondary N) is 2. The van der Waals surface area contributed by atoms with E-state index in [0.717, 1.165) is 50.0 Å². The Morgan fingerprint density at radius 2 is 1.88 bits per heavy atom. The Labute approximate surface area is 340 Å². The number of phenols is 1. The van der Waals surface area contributed by atoms with Crippen molar-refractivity contribution in [3.05, 3.63) is 68.9 Å². The normalized spacial score (nSPS) is 30.6. The first-order chi connectivity index (χ1) is 27.8. The molecule has 306 valence electrons. The fraction of sp³-hybridized carbons (Fsp3) is 0.488. The van der Waals surface area contributed by atoms with Crippen LogP contribution in [0, 0.1) is 13.8 Å². The van der Waals surface area contributed by atoms with Crippen LogP contribution >= 0.6 is 11.8 Å². The third-order valence-corrected chi connectivity index (χ3v) is 15.0. The van der Waals surface area contributed by atoms with Crippen LogP contribution in [0.1, 0.15) is 75.8 Å². The average Bonchev–Trinajstić information content (AvgIpc) is 3.78. The number of carbonyl (C=O) groups excluding carboxylic acids is 2. The van der Waals surface area contributed by atoms with Gasteiger partial charge in [-0.1, -0.05) is 6.07 Å². The first-order valence-electron chi connectivity index (χ1n) is 19.8. The summed E-state index contributed by atoms with van der Waals surface area (Å²) in [6.07, 6.45) is 1.22. The van der Waals surface area contributed by atoms with Crippen LogP contribution < -0.4 is 34.7 Å². The Hall–Kier alpha value is -4.67. The van der Waals surface area contributed by atoms with Gasteiger partial charge >= 0.3 is 11.9 Å². The van der Waals surface area contributed by atoms with Gasteiger partial charge in [0.05, 0.1) is 37.2 Å². The number of likely N-dealkylation sites (N-methyl/N-ethyl adjacent to an activating group) is 1. The van der Waals surface area contributed by atoms with Crippen molar-refractivity contribution >= 4 is 34.6 Å². The molecule has 4 bridgehead atoms. The highest BCUT2D eigenvalue weighted by atomic mass is 32.2. The van der Waals surface area contributed by atoms with Crippen LogP contribution in [0.3, 0.4) is 0 Å². The number of rotatable bonds is 4. The minimum atomic E-state index is -1.33. The number of nitrogens with zero attached hydrogens (tertiary/aromatic N) is 2. The van der Waals surface area contributed by atoms with Gasteiger partial charge in [0.1, 0.15) is 18.1 Å². The highest BCUT2D eigenvalue weighted by Crippen LogP contribution is 2.65. The number of esters is 2. The molecule has 12 rings (SSSR count). The van der Waals surface area contributed by atoms with Crippen molar-refractivity contribution in [3.8, 4) is 34.5 Å². The molecule has 1 spiro atoms. The van der Waals surface area contributed by atoms with E-state index in [1.165, 1.54) is 6.92 Å². The molecule has 8 atom stereocenters. The van der Waals surface area contributed by atoms with Crippen LogP contribution in [-0.2, 0) is 32.7 Å². The zero-order valence-corrected chi connectivity index (χ0v) is 34.6. The quantitative estimate of drug-likeness (QED) is 0.167. The maximum Gasteiger partial charge on any atom is 0.333 e. The second-order valence-electron chi connectivity index (χ2n) is 16.9. The van der Waals surface area contributed by atoms with Crippen molar-refractivity contribution in [2.45, 2.75) is 81.0 Å². The molecule has 8 aliphatic rings. The SMILES string of the molecule is COc1ccc2[nH]c3c(c2c1)C[C@H](CN)N[C@]31CS[C@@H]2c3c(OC(C)=O)c(C)c4c(c3[C@H](COC1=O)N1[C@@H]2[C@@H]2c3c(cc(C)c(OC)c3O)CC1(C)CN2C)OCO4. The van der Waals surface area contributed by atoms with E-state index < -0.39 is 34.3 Å². The Balaban J connectivity index is 1.25. The third kappa shape index (κ3) is 5.06. The van der Waals surface area contributed by atoms with Gasteiger partial charge in [-0.3, -0.25) is 19.9 Å². The largest absolute Gasteiger partial charge is 0.504 e. The number of piperazine rings is 1. The van der Waals surface area contributed by atoms with Gasteiger partial charge in [-0.25, -0.2) is 4.79 Å². The summed E-state index contributed by atoms with van der Waals surface area (Å²) in [5, 5.41) is 16.4. The standard InChI is InChI=1S/C43H49N5O9S/c1-19-10-22-13-42(4)16-47(5)32(29(22)34(50)35(19)53-7)33-39-31-30(38-37(55-18-56-38)20(2)36(31)57-21(3)49)28(48(33)42)15-54-41(51)43(17-58-39)40-26(11-23(14-44)46-43)25-12-24(52-6)8-9-27(25)45-40/h8-10,12,23,28,32-33,39,45-46,50H,11,13-18,44H2,1-7H3/t23-,28+,32+,33-,39-,42?,43-/m1/s1. The van der Waals surface area contributed by atoms with Crippen molar-refractivity contribution in [1.29, 1.82) is 0 Å². The second-order valence-corrected chi connectivity index (χ2v) is 18.1. The predicted molar refractivity (Wildman–Crippen MR) is 216 cm³/mol. The Kier molecular flexibility index (Phi) is 8.53. The number of H-pyrrole nitrogens is 1. The van der Waals surface area contributed by atoms with Crippen LogP contribution in [0.25, 0.3) is 10.9 Å². The van der Waals surface area contributed by atoms with Crippen molar-refractivity contribution in [2.75, 3.05) is 53.5 Å². The number of carbonyl (C=O) groups is 2. The molecule has 15 heteroatoms. The Morgan fingerprint density at radius 3 is 2.62 bits per heavy atom. The number of nitrogens with two attached hydrogens (primary N) is 1. The first-order valence-corrected chi connectivity index (χ1v) is 20.9. The van der Waals surface area contributed by atoms with Gasteiger partial charge < -0.3 is 44.2 Å². The first kappa shape index (κ1) is 37.6. The van der Waals surface area contributed by atoms with E-state index >= 15 is 4.79 Å². The van der Waals surface area contributed by atoms with E-state index in [2.05, 4.69) is 40.1 Å². The van der Waals surface area contributed by atoms with Gasteiger partial charge in [0, 0.05) is 76.5 Å². The fourth-order valence-corrected chi connectivity index (χ4v) is 13.1. The Bertz CT molecular complexity index is 2440. The number of fused-ring (bicyclic) bond motifs is 8. The van der Waals surface area contributed by atoms with E-state index in [-0.39, 0.29) is 43.0 Å². The van der Waals surface area contributed by atoms with E-state index in [1.807, 2.05) is 32.0 Å². The molecule has 4 aromatic rings. The number of hydrogen-bond acceptors (Lipinski definition) is 14. The second kappa shape index (κ2) is 13.2. The molecule has 2 unspecified atom stereocenters. The highest BCUT2D eigenvalue weighted by Gasteiger charge is 2.63. The van der Waals surface area contributed by atoms with Crippen LogP contribution in [0.4, 0.5) is 0 Å². The molecule has 0 amide bonds. The smallest absolute Gasteiger partial charge is 0.333 e.